The van der Waals surface area contributed by atoms with Crippen LogP contribution in [0.3, 0.4) is 0 Å². The van der Waals surface area contributed by atoms with Gasteiger partial charge in [-0.3, -0.25) is 9.59 Å². The second-order valence-corrected chi connectivity index (χ2v) is 6.26. The molecule has 130 valence electrons. The topological polar surface area (TPSA) is 69.6 Å². The molecule has 0 radical (unpaired) electrons. The van der Waals surface area contributed by atoms with Crippen molar-refractivity contribution in [2.45, 2.75) is 25.0 Å². The van der Waals surface area contributed by atoms with Crippen LogP contribution in [0.5, 0.6) is 0 Å². The maximum Gasteiger partial charge on any atom is 0.252 e. The van der Waals surface area contributed by atoms with Crippen molar-refractivity contribution in [3.8, 4) is 0 Å². The van der Waals surface area contributed by atoms with Crippen molar-refractivity contribution in [1.29, 1.82) is 0 Å². The first kappa shape index (κ1) is 17.2. The molecule has 1 saturated heterocycles. The van der Waals surface area contributed by atoms with Gasteiger partial charge >= 0.3 is 0 Å². The fourth-order valence-electron chi connectivity index (χ4n) is 3.07. The van der Waals surface area contributed by atoms with Gasteiger partial charge in [0.2, 0.25) is 5.91 Å². The standard InChI is InChI=1S/C20H22N2O3/c23-17-12-7-13-22(14-17)20(25)18(15-8-3-1-4-9-15)21-19(24)16-10-5-2-6-11-16/h1-6,8-11,17-18,23H,7,12-14H2,(H,21,24). The Kier molecular flexibility index (Phi) is 5.46. The molecule has 5 heteroatoms. The summed E-state index contributed by atoms with van der Waals surface area (Å²) in [5.41, 5.74) is 1.24. The number of piperidine rings is 1. The van der Waals surface area contributed by atoms with Gasteiger partial charge in [-0.2, -0.15) is 0 Å². The van der Waals surface area contributed by atoms with Gasteiger partial charge in [-0.05, 0) is 30.5 Å². The van der Waals surface area contributed by atoms with Gasteiger partial charge in [-0.15, -0.1) is 0 Å². The highest BCUT2D eigenvalue weighted by molar-refractivity contribution is 5.97. The smallest absolute Gasteiger partial charge is 0.252 e. The maximum atomic E-state index is 13.0. The number of aliphatic hydroxyl groups excluding tert-OH is 1. The highest BCUT2D eigenvalue weighted by Gasteiger charge is 2.30. The summed E-state index contributed by atoms with van der Waals surface area (Å²) in [6.45, 7) is 0.907. The van der Waals surface area contributed by atoms with Gasteiger partial charge in [0.05, 0.1) is 6.10 Å². The first-order chi connectivity index (χ1) is 12.1. The zero-order chi connectivity index (χ0) is 17.6. The molecule has 1 heterocycles. The average molecular weight is 338 g/mol. The lowest BCUT2D eigenvalue weighted by atomic mass is 10.0. The fourth-order valence-corrected chi connectivity index (χ4v) is 3.07. The molecule has 2 amide bonds. The average Bonchev–Trinajstić information content (AvgIpc) is 2.67. The number of likely N-dealkylation sites (tertiary alicyclic amines) is 1. The fraction of sp³-hybridized carbons (Fsp3) is 0.300. The Morgan fingerprint density at radius 3 is 2.32 bits per heavy atom. The normalized spacial score (nSPS) is 18.4. The summed E-state index contributed by atoms with van der Waals surface area (Å²) in [5.74, 6) is -0.477. The van der Waals surface area contributed by atoms with Crippen LogP contribution in [-0.4, -0.2) is 41.0 Å². The number of benzene rings is 2. The number of amides is 2. The molecule has 25 heavy (non-hydrogen) atoms. The van der Waals surface area contributed by atoms with E-state index in [-0.39, 0.29) is 11.8 Å². The highest BCUT2D eigenvalue weighted by Crippen LogP contribution is 2.20. The van der Waals surface area contributed by atoms with E-state index in [1.54, 1.807) is 29.2 Å². The molecule has 3 rings (SSSR count). The molecule has 0 aromatic heterocycles. The SMILES string of the molecule is O=C(NC(C(=O)N1CCCC(O)C1)c1ccccc1)c1ccccc1. The lowest BCUT2D eigenvalue weighted by Gasteiger charge is -2.33. The second kappa shape index (κ2) is 7.94. The van der Waals surface area contributed by atoms with Crippen LogP contribution in [0.25, 0.3) is 0 Å². The number of nitrogens with one attached hydrogen (secondary N) is 1. The van der Waals surface area contributed by atoms with Gasteiger partial charge in [0.25, 0.3) is 5.91 Å². The minimum Gasteiger partial charge on any atom is -0.391 e. The number of carbonyl (C=O) groups excluding carboxylic acids is 2. The van der Waals surface area contributed by atoms with E-state index < -0.39 is 12.1 Å². The van der Waals surface area contributed by atoms with E-state index in [1.165, 1.54) is 0 Å². The van der Waals surface area contributed by atoms with E-state index in [2.05, 4.69) is 5.32 Å². The summed E-state index contributed by atoms with van der Waals surface area (Å²) in [4.78, 5) is 27.2. The summed E-state index contributed by atoms with van der Waals surface area (Å²) < 4.78 is 0. The van der Waals surface area contributed by atoms with E-state index in [1.807, 2.05) is 36.4 Å². The Bertz CT molecular complexity index is 718. The zero-order valence-electron chi connectivity index (χ0n) is 14.0. The molecule has 0 aliphatic carbocycles. The van der Waals surface area contributed by atoms with Crippen molar-refractivity contribution in [2.24, 2.45) is 0 Å². The molecule has 0 bridgehead atoms. The molecule has 0 spiro atoms. The minimum absolute atomic E-state index is 0.186. The third kappa shape index (κ3) is 4.25. The van der Waals surface area contributed by atoms with Crippen molar-refractivity contribution in [3.05, 3.63) is 71.8 Å². The zero-order valence-corrected chi connectivity index (χ0v) is 14.0. The number of β-amino-alcohol motifs (C(OH)–C–C–N with tert-alkyl or cyclic N) is 1. The molecular weight excluding hydrogens is 316 g/mol. The quantitative estimate of drug-likeness (QED) is 0.897. The van der Waals surface area contributed by atoms with Crippen molar-refractivity contribution >= 4 is 11.8 Å². The summed E-state index contributed by atoms with van der Waals surface area (Å²) in [6, 6.07) is 17.3. The molecular formula is C20H22N2O3. The van der Waals surface area contributed by atoms with Crippen LogP contribution in [0.15, 0.2) is 60.7 Å². The Morgan fingerprint density at radius 2 is 1.68 bits per heavy atom. The van der Waals surface area contributed by atoms with Crippen LogP contribution < -0.4 is 5.32 Å². The maximum absolute atomic E-state index is 13.0. The van der Waals surface area contributed by atoms with Crippen LogP contribution in [0.4, 0.5) is 0 Å². The summed E-state index contributed by atoms with van der Waals surface area (Å²) in [6.07, 6.45) is 0.968. The molecule has 1 fully saturated rings. The highest BCUT2D eigenvalue weighted by atomic mass is 16.3. The van der Waals surface area contributed by atoms with Crippen molar-refractivity contribution < 1.29 is 14.7 Å². The Hall–Kier alpha value is -2.66. The van der Waals surface area contributed by atoms with Gasteiger partial charge < -0.3 is 15.3 Å². The molecule has 1 aliphatic rings. The summed E-state index contributed by atoms with van der Waals surface area (Å²) >= 11 is 0. The van der Waals surface area contributed by atoms with Gasteiger partial charge in [-0.25, -0.2) is 0 Å². The predicted octanol–water partition coefficient (Wildman–Crippen LogP) is 2.14. The van der Waals surface area contributed by atoms with Crippen LogP contribution in [0, 0.1) is 0 Å². The van der Waals surface area contributed by atoms with E-state index in [9.17, 15) is 14.7 Å². The Labute approximate surface area is 147 Å². The predicted molar refractivity (Wildman–Crippen MR) is 94.9 cm³/mol. The number of nitrogens with zero attached hydrogens (tertiary/aromatic N) is 1. The Balaban J connectivity index is 1.83. The first-order valence-electron chi connectivity index (χ1n) is 8.53. The molecule has 0 saturated carbocycles. The Morgan fingerprint density at radius 1 is 1.04 bits per heavy atom. The van der Waals surface area contributed by atoms with Crippen LogP contribution in [-0.2, 0) is 4.79 Å². The van der Waals surface area contributed by atoms with E-state index in [0.29, 0.717) is 25.1 Å². The van der Waals surface area contributed by atoms with Crippen molar-refractivity contribution in [1.82, 2.24) is 10.2 Å². The number of hydrogen-bond donors (Lipinski definition) is 2. The van der Waals surface area contributed by atoms with Gasteiger partial charge in [0, 0.05) is 18.7 Å². The number of aliphatic hydroxyl groups is 1. The summed E-state index contributed by atoms with van der Waals surface area (Å²) in [5, 5.41) is 12.7. The molecule has 2 N–H and O–H groups in total. The molecule has 2 aromatic rings. The molecule has 2 unspecified atom stereocenters. The van der Waals surface area contributed by atoms with Gasteiger partial charge in [0.15, 0.2) is 0 Å². The third-order valence-electron chi connectivity index (χ3n) is 4.40. The lowest BCUT2D eigenvalue weighted by molar-refractivity contribution is -0.136. The third-order valence-corrected chi connectivity index (χ3v) is 4.40. The second-order valence-electron chi connectivity index (χ2n) is 6.26. The molecule has 2 atom stereocenters. The van der Waals surface area contributed by atoms with E-state index in [0.717, 1.165) is 12.0 Å². The van der Waals surface area contributed by atoms with Gasteiger partial charge in [0.1, 0.15) is 6.04 Å². The lowest BCUT2D eigenvalue weighted by Crippen LogP contribution is -2.48. The van der Waals surface area contributed by atoms with E-state index >= 15 is 0 Å². The van der Waals surface area contributed by atoms with Crippen molar-refractivity contribution in [3.63, 3.8) is 0 Å². The monoisotopic (exact) mass is 338 g/mol. The first-order valence-corrected chi connectivity index (χ1v) is 8.53. The van der Waals surface area contributed by atoms with Crippen LogP contribution in [0.2, 0.25) is 0 Å². The van der Waals surface area contributed by atoms with Crippen LogP contribution in [0.1, 0.15) is 34.8 Å². The number of hydrogen-bond acceptors (Lipinski definition) is 3. The molecule has 1 aliphatic heterocycles. The minimum atomic E-state index is -0.765. The molecule has 2 aromatic carbocycles. The van der Waals surface area contributed by atoms with Crippen molar-refractivity contribution in [2.75, 3.05) is 13.1 Å². The molecule has 5 nitrogen and oxygen atoms in total. The van der Waals surface area contributed by atoms with E-state index in [4.69, 9.17) is 0 Å². The van der Waals surface area contributed by atoms with Crippen LogP contribution >= 0.6 is 0 Å². The summed E-state index contributed by atoms with van der Waals surface area (Å²) in [7, 11) is 0. The number of carbonyl (C=O) groups is 2. The van der Waals surface area contributed by atoms with Gasteiger partial charge in [-0.1, -0.05) is 48.5 Å². The number of rotatable bonds is 4. The largest absolute Gasteiger partial charge is 0.391 e.